The summed E-state index contributed by atoms with van der Waals surface area (Å²) in [6, 6.07) is 6.62. The molecule has 1 heterocycles. The second-order valence-electron chi connectivity index (χ2n) is 4.17. The fourth-order valence-corrected chi connectivity index (χ4v) is 1.74. The second-order valence-corrected chi connectivity index (χ2v) is 4.17. The van der Waals surface area contributed by atoms with Crippen LogP contribution in [-0.2, 0) is 20.2 Å². The Bertz CT molecular complexity index is 551. The van der Waals surface area contributed by atoms with E-state index in [1.165, 1.54) is 6.07 Å². The van der Waals surface area contributed by atoms with Crippen LogP contribution in [0.5, 0.6) is 5.88 Å². The van der Waals surface area contributed by atoms with E-state index in [4.69, 9.17) is 10.5 Å². The maximum atomic E-state index is 13.6. The van der Waals surface area contributed by atoms with E-state index >= 15 is 0 Å². The molecular weight excluding hydrogens is 233 g/mol. The summed E-state index contributed by atoms with van der Waals surface area (Å²) in [4.78, 5) is 0. The number of nitrogens with zero attached hydrogens (tertiary/aromatic N) is 2. The standard InChI is InChI=1S/C13H16FN3O/c1-9-5-13(17(2)16-9)18-8-11-6-10(7-15)3-4-12(11)14/h3-6H,7-8,15H2,1-2H3. The molecule has 0 aliphatic heterocycles. The Labute approximate surface area is 105 Å². The van der Waals surface area contributed by atoms with Gasteiger partial charge in [0.2, 0.25) is 5.88 Å². The Morgan fingerprint density at radius 2 is 2.17 bits per heavy atom. The first-order valence-corrected chi connectivity index (χ1v) is 5.71. The molecule has 18 heavy (non-hydrogen) atoms. The third-order valence-electron chi connectivity index (χ3n) is 2.68. The van der Waals surface area contributed by atoms with Crippen LogP contribution in [0.2, 0.25) is 0 Å². The molecule has 0 saturated carbocycles. The highest BCUT2D eigenvalue weighted by molar-refractivity contribution is 5.25. The number of hydrogen-bond donors (Lipinski definition) is 1. The van der Waals surface area contributed by atoms with Crippen LogP contribution in [0.3, 0.4) is 0 Å². The summed E-state index contributed by atoms with van der Waals surface area (Å²) in [5, 5.41) is 4.16. The van der Waals surface area contributed by atoms with Gasteiger partial charge in [-0.3, -0.25) is 0 Å². The minimum atomic E-state index is -0.286. The zero-order valence-electron chi connectivity index (χ0n) is 10.5. The van der Waals surface area contributed by atoms with E-state index in [9.17, 15) is 4.39 Å². The van der Waals surface area contributed by atoms with Gasteiger partial charge in [0.25, 0.3) is 0 Å². The van der Waals surface area contributed by atoms with Crippen molar-refractivity contribution in [1.82, 2.24) is 9.78 Å². The Kier molecular flexibility index (Phi) is 3.62. The van der Waals surface area contributed by atoms with E-state index in [-0.39, 0.29) is 12.4 Å². The largest absolute Gasteiger partial charge is 0.473 e. The van der Waals surface area contributed by atoms with E-state index in [2.05, 4.69) is 5.10 Å². The molecule has 2 N–H and O–H groups in total. The molecular formula is C13H16FN3O. The summed E-state index contributed by atoms with van der Waals surface area (Å²) in [6.07, 6.45) is 0. The van der Waals surface area contributed by atoms with Crippen molar-refractivity contribution in [3.05, 3.63) is 46.9 Å². The molecule has 0 aliphatic rings. The topological polar surface area (TPSA) is 53.1 Å². The Morgan fingerprint density at radius 3 is 2.78 bits per heavy atom. The number of aromatic nitrogens is 2. The van der Waals surface area contributed by atoms with Crippen LogP contribution < -0.4 is 10.5 Å². The molecule has 2 aromatic rings. The lowest BCUT2D eigenvalue weighted by molar-refractivity contribution is 0.273. The third kappa shape index (κ3) is 2.68. The number of halogens is 1. The number of nitrogens with two attached hydrogens (primary N) is 1. The first-order valence-electron chi connectivity index (χ1n) is 5.71. The van der Waals surface area contributed by atoms with Gasteiger partial charge in [-0.1, -0.05) is 6.07 Å². The summed E-state index contributed by atoms with van der Waals surface area (Å²) in [5.41, 5.74) is 7.77. The van der Waals surface area contributed by atoms with Gasteiger partial charge in [0, 0.05) is 25.2 Å². The molecule has 2 rings (SSSR count). The van der Waals surface area contributed by atoms with Gasteiger partial charge in [-0.15, -0.1) is 0 Å². The zero-order valence-corrected chi connectivity index (χ0v) is 10.5. The van der Waals surface area contributed by atoms with Crippen LogP contribution >= 0.6 is 0 Å². The molecule has 0 spiro atoms. The molecule has 0 aliphatic carbocycles. The fourth-order valence-electron chi connectivity index (χ4n) is 1.74. The minimum Gasteiger partial charge on any atom is -0.473 e. The van der Waals surface area contributed by atoms with Crippen molar-refractivity contribution in [2.45, 2.75) is 20.1 Å². The maximum absolute atomic E-state index is 13.6. The number of benzene rings is 1. The van der Waals surface area contributed by atoms with Gasteiger partial charge >= 0.3 is 0 Å². The number of ether oxygens (including phenoxy) is 1. The molecule has 0 amide bonds. The summed E-state index contributed by atoms with van der Waals surface area (Å²) in [7, 11) is 1.79. The summed E-state index contributed by atoms with van der Waals surface area (Å²) >= 11 is 0. The molecule has 1 aromatic carbocycles. The van der Waals surface area contributed by atoms with Gasteiger partial charge in [-0.25, -0.2) is 9.07 Å². The quantitative estimate of drug-likeness (QED) is 0.900. The first-order chi connectivity index (χ1) is 8.60. The van der Waals surface area contributed by atoms with E-state index in [1.807, 2.05) is 13.0 Å². The van der Waals surface area contributed by atoms with Crippen molar-refractivity contribution in [2.75, 3.05) is 0 Å². The molecule has 0 radical (unpaired) electrons. The lowest BCUT2D eigenvalue weighted by Crippen LogP contribution is -2.04. The second kappa shape index (κ2) is 5.18. The Balaban J connectivity index is 2.12. The van der Waals surface area contributed by atoms with Crippen molar-refractivity contribution in [3.63, 3.8) is 0 Å². The molecule has 0 atom stereocenters. The molecule has 0 unspecified atom stereocenters. The van der Waals surface area contributed by atoms with E-state index < -0.39 is 0 Å². The SMILES string of the molecule is Cc1cc(OCc2cc(CN)ccc2F)n(C)n1. The summed E-state index contributed by atoms with van der Waals surface area (Å²) in [6.45, 7) is 2.43. The fraction of sp³-hybridized carbons (Fsp3) is 0.308. The highest BCUT2D eigenvalue weighted by atomic mass is 19.1. The summed E-state index contributed by atoms with van der Waals surface area (Å²) < 4.78 is 20.7. The van der Waals surface area contributed by atoms with Gasteiger partial charge in [-0.05, 0) is 24.6 Å². The summed E-state index contributed by atoms with van der Waals surface area (Å²) in [5.74, 6) is 0.330. The molecule has 5 heteroatoms. The van der Waals surface area contributed by atoms with E-state index in [0.717, 1.165) is 11.3 Å². The predicted molar refractivity (Wildman–Crippen MR) is 66.6 cm³/mol. The number of rotatable bonds is 4. The Morgan fingerprint density at radius 1 is 1.39 bits per heavy atom. The maximum Gasteiger partial charge on any atom is 0.212 e. The van der Waals surface area contributed by atoms with Crippen LogP contribution in [0.25, 0.3) is 0 Å². The molecule has 4 nitrogen and oxygen atoms in total. The van der Waals surface area contributed by atoms with Crippen molar-refractivity contribution >= 4 is 0 Å². The van der Waals surface area contributed by atoms with Gasteiger partial charge < -0.3 is 10.5 Å². The third-order valence-corrected chi connectivity index (χ3v) is 2.68. The van der Waals surface area contributed by atoms with E-state index in [1.54, 1.807) is 23.9 Å². The van der Waals surface area contributed by atoms with Crippen LogP contribution in [0, 0.1) is 12.7 Å². The highest BCUT2D eigenvalue weighted by Gasteiger charge is 2.07. The Hall–Kier alpha value is -1.88. The lowest BCUT2D eigenvalue weighted by Gasteiger charge is -2.08. The first kappa shape index (κ1) is 12.6. The average Bonchev–Trinajstić information content (AvgIpc) is 2.67. The van der Waals surface area contributed by atoms with E-state index in [0.29, 0.717) is 18.0 Å². The van der Waals surface area contributed by atoms with Gasteiger partial charge in [0.1, 0.15) is 12.4 Å². The normalized spacial score (nSPS) is 10.7. The van der Waals surface area contributed by atoms with Gasteiger partial charge in [0.05, 0.1) is 5.69 Å². The van der Waals surface area contributed by atoms with Crippen LogP contribution in [0.1, 0.15) is 16.8 Å². The molecule has 0 fully saturated rings. The monoisotopic (exact) mass is 249 g/mol. The number of aryl methyl sites for hydroxylation is 2. The smallest absolute Gasteiger partial charge is 0.212 e. The van der Waals surface area contributed by atoms with Crippen LogP contribution in [0.4, 0.5) is 4.39 Å². The predicted octanol–water partition coefficient (Wildman–Crippen LogP) is 1.91. The minimum absolute atomic E-state index is 0.165. The van der Waals surface area contributed by atoms with Crippen molar-refractivity contribution in [3.8, 4) is 5.88 Å². The zero-order chi connectivity index (χ0) is 13.1. The molecule has 1 aromatic heterocycles. The van der Waals surface area contributed by atoms with Crippen LogP contribution in [-0.4, -0.2) is 9.78 Å². The van der Waals surface area contributed by atoms with Crippen molar-refractivity contribution in [1.29, 1.82) is 0 Å². The van der Waals surface area contributed by atoms with Gasteiger partial charge in [0.15, 0.2) is 0 Å². The van der Waals surface area contributed by atoms with Gasteiger partial charge in [-0.2, -0.15) is 5.10 Å². The molecule has 0 saturated heterocycles. The average molecular weight is 249 g/mol. The van der Waals surface area contributed by atoms with Crippen molar-refractivity contribution < 1.29 is 9.13 Å². The van der Waals surface area contributed by atoms with Crippen LogP contribution in [0.15, 0.2) is 24.3 Å². The van der Waals surface area contributed by atoms with Crippen molar-refractivity contribution in [2.24, 2.45) is 12.8 Å². The molecule has 0 bridgehead atoms. The number of hydrogen-bond acceptors (Lipinski definition) is 3. The lowest BCUT2D eigenvalue weighted by atomic mass is 10.1. The highest BCUT2D eigenvalue weighted by Crippen LogP contribution is 2.16. The molecule has 96 valence electrons.